The highest BCUT2D eigenvalue weighted by Gasteiger charge is 2.05. The van der Waals surface area contributed by atoms with E-state index < -0.39 is 0 Å². The van der Waals surface area contributed by atoms with Gasteiger partial charge in [0.05, 0.1) is 0 Å². The summed E-state index contributed by atoms with van der Waals surface area (Å²) in [4.78, 5) is 6.51. The molecule has 78 valence electrons. The zero-order valence-corrected chi connectivity index (χ0v) is 9.72. The summed E-state index contributed by atoms with van der Waals surface area (Å²) >= 11 is 11.4. The van der Waals surface area contributed by atoms with Crippen LogP contribution in [0.3, 0.4) is 0 Å². The third kappa shape index (κ3) is 3.35. The molecule has 0 bridgehead atoms. The molecule has 0 atom stereocenters. The highest BCUT2D eigenvalue weighted by Crippen LogP contribution is 2.11. The number of pyridine rings is 1. The van der Waals surface area contributed by atoms with Crippen molar-refractivity contribution in [3.63, 3.8) is 0 Å². The standard InChI is InChI=1S/C10H14Cl2N2/c1-9-3-2-4-10(13-9)14(7-5-11)8-6-12/h2-4H,5-8H2,1H3. The number of nitrogens with zero attached hydrogens (tertiary/aromatic N) is 2. The van der Waals surface area contributed by atoms with Gasteiger partial charge in [-0.2, -0.15) is 0 Å². The maximum Gasteiger partial charge on any atom is 0.128 e. The first-order valence-corrected chi connectivity index (χ1v) is 5.65. The van der Waals surface area contributed by atoms with Crippen LogP contribution in [0.25, 0.3) is 0 Å². The average Bonchev–Trinajstić information content (AvgIpc) is 2.17. The Morgan fingerprint density at radius 2 is 1.86 bits per heavy atom. The minimum atomic E-state index is 0.590. The molecular weight excluding hydrogens is 219 g/mol. The fourth-order valence-corrected chi connectivity index (χ4v) is 1.66. The molecule has 0 unspecified atom stereocenters. The fourth-order valence-electron chi connectivity index (χ4n) is 1.25. The lowest BCUT2D eigenvalue weighted by Crippen LogP contribution is -2.28. The number of alkyl halides is 2. The average molecular weight is 233 g/mol. The van der Waals surface area contributed by atoms with Crippen LogP contribution in [-0.2, 0) is 0 Å². The highest BCUT2D eigenvalue weighted by molar-refractivity contribution is 6.18. The summed E-state index contributed by atoms with van der Waals surface area (Å²) in [7, 11) is 0. The molecule has 0 saturated carbocycles. The molecule has 1 aromatic heterocycles. The van der Waals surface area contributed by atoms with E-state index in [0.29, 0.717) is 11.8 Å². The number of anilines is 1. The second-order valence-electron chi connectivity index (χ2n) is 3.00. The Morgan fingerprint density at radius 1 is 1.21 bits per heavy atom. The molecule has 0 saturated heterocycles. The molecule has 1 aromatic rings. The highest BCUT2D eigenvalue weighted by atomic mass is 35.5. The molecule has 0 amide bonds. The van der Waals surface area contributed by atoms with Gasteiger partial charge in [0, 0.05) is 30.5 Å². The lowest BCUT2D eigenvalue weighted by molar-refractivity contribution is 0.849. The van der Waals surface area contributed by atoms with E-state index in [1.54, 1.807) is 0 Å². The summed E-state index contributed by atoms with van der Waals surface area (Å²) in [5.41, 5.74) is 1.01. The maximum absolute atomic E-state index is 5.71. The summed E-state index contributed by atoms with van der Waals surface area (Å²) < 4.78 is 0. The Hall–Kier alpha value is -0.470. The van der Waals surface area contributed by atoms with Crippen LogP contribution in [0.4, 0.5) is 5.82 Å². The van der Waals surface area contributed by atoms with Crippen LogP contribution in [-0.4, -0.2) is 29.8 Å². The van der Waals surface area contributed by atoms with E-state index in [1.807, 2.05) is 25.1 Å². The van der Waals surface area contributed by atoms with Gasteiger partial charge in [0.1, 0.15) is 5.82 Å². The van der Waals surface area contributed by atoms with Gasteiger partial charge in [0.2, 0.25) is 0 Å². The van der Waals surface area contributed by atoms with Gasteiger partial charge in [-0.25, -0.2) is 4.98 Å². The minimum Gasteiger partial charge on any atom is -0.354 e. The van der Waals surface area contributed by atoms with Crippen molar-refractivity contribution in [3.05, 3.63) is 23.9 Å². The van der Waals surface area contributed by atoms with Crippen LogP contribution in [0.15, 0.2) is 18.2 Å². The molecule has 1 heterocycles. The molecule has 4 heteroatoms. The first kappa shape index (κ1) is 11.6. The molecule has 1 rings (SSSR count). The van der Waals surface area contributed by atoms with Gasteiger partial charge >= 0.3 is 0 Å². The van der Waals surface area contributed by atoms with Crippen molar-refractivity contribution < 1.29 is 0 Å². The predicted molar refractivity (Wildman–Crippen MR) is 62.6 cm³/mol. The molecule has 2 nitrogen and oxygen atoms in total. The summed E-state index contributed by atoms with van der Waals surface area (Å²) in [6.07, 6.45) is 0. The number of rotatable bonds is 5. The van der Waals surface area contributed by atoms with Crippen LogP contribution >= 0.6 is 23.2 Å². The number of hydrogen-bond acceptors (Lipinski definition) is 2. The van der Waals surface area contributed by atoms with Crippen LogP contribution in [0, 0.1) is 6.92 Å². The number of halogens is 2. The van der Waals surface area contributed by atoms with Crippen molar-refractivity contribution in [2.75, 3.05) is 29.7 Å². The van der Waals surface area contributed by atoms with E-state index in [4.69, 9.17) is 23.2 Å². The maximum atomic E-state index is 5.71. The molecule has 0 aliphatic heterocycles. The Kier molecular flexibility index (Phi) is 5.05. The molecule has 0 N–H and O–H groups in total. The van der Waals surface area contributed by atoms with Crippen LogP contribution in [0.2, 0.25) is 0 Å². The normalized spacial score (nSPS) is 10.2. The van der Waals surface area contributed by atoms with Gasteiger partial charge in [0.15, 0.2) is 0 Å². The molecule has 0 aromatic carbocycles. The largest absolute Gasteiger partial charge is 0.354 e. The zero-order chi connectivity index (χ0) is 10.4. The third-order valence-electron chi connectivity index (χ3n) is 1.91. The van der Waals surface area contributed by atoms with Crippen LogP contribution in [0.5, 0.6) is 0 Å². The van der Waals surface area contributed by atoms with E-state index in [2.05, 4.69) is 9.88 Å². The first-order valence-electron chi connectivity index (χ1n) is 4.58. The second kappa shape index (κ2) is 6.10. The van der Waals surface area contributed by atoms with Crippen LogP contribution < -0.4 is 4.90 Å². The number of aromatic nitrogens is 1. The van der Waals surface area contributed by atoms with Crippen molar-refractivity contribution in [2.45, 2.75) is 6.92 Å². The number of aryl methyl sites for hydroxylation is 1. The zero-order valence-electron chi connectivity index (χ0n) is 8.21. The lowest BCUT2D eigenvalue weighted by atomic mass is 10.3. The Morgan fingerprint density at radius 3 is 2.36 bits per heavy atom. The fraction of sp³-hybridized carbons (Fsp3) is 0.500. The Balaban J connectivity index is 2.75. The summed E-state index contributed by atoms with van der Waals surface area (Å²) in [5.74, 6) is 2.13. The van der Waals surface area contributed by atoms with E-state index in [9.17, 15) is 0 Å². The van der Waals surface area contributed by atoms with Crippen LogP contribution in [0.1, 0.15) is 5.69 Å². The SMILES string of the molecule is Cc1cccc(N(CCCl)CCCl)n1. The van der Waals surface area contributed by atoms with Crippen molar-refractivity contribution >= 4 is 29.0 Å². The van der Waals surface area contributed by atoms with E-state index in [-0.39, 0.29) is 0 Å². The third-order valence-corrected chi connectivity index (χ3v) is 2.24. The Bertz CT molecular complexity index is 273. The second-order valence-corrected chi connectivity index (χ2v) is 3.76. The Labute approximate surface area is 94.8 Å². The lowest BCUT2D eigenvalue weighted by Gasteiger charge is -2.21. The van der Waals surface area contributed by atoms with Crippen molar-refractivity contribution in [3.8, 4) is 0 Å². The molecular formula is C10H14Cl2N2. The van der Waals surface area contributed by atoms with Gasteiger partial charge in [-0.15, -0.1) is 23.2 Å². The smallest absolute Gasteiger partial charge is 0.128 e. The van der Waals surface area contributed by atoms with Gasteiger partial charge in [0.25, 0.3) is 0 Å². The molecule has 0 aliphatic rings. The van der Waals surface area contributed by atoms with Gasteiger partial charge in [-0.3, -0.25) is 0 Å². The van der Waals surface area contributed by atoms with Crippen molar-refractivity contribution in [1.29, 1.82) is 0 Å². The summed E-state index contributed by atoms with van der Waals surface area (Å²) in [6.45, 7) is 3.54. The minimum absolute atomic E-state index is 0.590. The van der Waals surface area contributed by atoms with E-state index >= 15 is 0 Å². The topological polar surface area (TPSA) is 16.1 Å². The predicted octanol–water partition coefficient (Wildman–Crippen LogP) is 2.67. The quantitative estimate of drug-likeness (QED) is 0.727. The number of hydrogen-bond donors (Lipinski definition) is 0. The summed E-state index contributed by atoms with van der Waals surface area (Å²) in [6, 6.07) is 5.95. The van der Waals surface area contributed by atoms with Crippen molar-refractivity contribution in [2.24, 2.45) is 0 Å². The van der Waals surface area contributed by atoms with E-state index in [1.165, 1.54) is 0 Å². The molecule has 0 aliphatic carbocycles. The first-order chi connectivity index (χ1) is 6.77. The molecule has 0 fully saturated rings. The molecule has 0 spiro atoms. The monoisotopic (exact) mass is 232 g/mol. The van der Waals surface area contributed by atoms with Gasteiger partial charge < -0.3 is 4.90 Å². The molecule has 0 radical (unpaired) electrons. The van der Waals surface area contributed by atoms with Gasteiger partial charge in [-0.05, 0) is 19.1 Å². The van der Waals surface area contributed by atoms with Crippen molar-refractivity contribution in [1.82, 2.24) is 4.98 Å². The summed E-state index contributed by atoms with van der Waals surface area (Å²) in [5, 5.41) is 0. The van der Waals surface area contributed by atoms with Gasteiger partial charge in [-0.1, -0.05) is 6.07 Å². The van der Waals surface area contributed by atoms with E-state index in [0.717, 1.165) is 24.6 Å². The molecule has 14 heavy (non-hydrogen) atoms.